The number of phenols is 1. The number of benzene rings is 1. The van der Waals surface area contributed by atoms with E-state index >= 15 is 0 Å². The minimum atomic E-state index is -1.17. The fourth-order valence-electron chi connectivity index (χ4n) is 3.92. The molecule has 10 nitrogen and oxygen atoms in total. The number of nitrogens with two attached hydrogens (primary N) is 1. The molecule has 0 saturated heterocycles. The molecule has 10 heteroatoms. The minimum Gasteiger partial charge on any atom is -0.508 e. The monoisotopic (exact) mass is 534 g/mol. The van der Waals surface area contributed by atoms with Crippen LogP contribution in [0, 0.1) is 0 Å². The van der Waals surface area contributed by atoms with Gasteiger partial charge in [-0.3, -0.25) is 14.4 Å². The van der Waals surface area contributed by atoms with Crippen molar-refractivity contribution in [2.24, 2.45) is 5.73 Å². The third kappa shape index (κ3) is 11.8. The van der Waals surface area contributed by atoms with Crippen molar-refractivity contribution in [1.29, 1.82) is 0 Å². The molecule has 4 amide bonds. The molecule has 5 N–H and O–H groups in total. The number of unbranched alkanes of at least 4 members (excludes halogenated alkanes) is 4. The lowest BCUT2D eigenvalue weighted by Gasteiger charge is -2.34. The van der Waals surface area contributed by atoms with Crippen molar-refractivity contribution in [3.05, 3.63) is 29.8 Å². The largest absolute Gasteiger partial charge is 0.508 e. The summed E-state index contributed by atoms with van der Waals surface area (Å²) in [6.45, 7) is 9.78. The third-order valence-electron chi connectivity index (χ3n) is 5.83. The van der Waals surface area contributed by atoms with E-state index in [0.29, 0.717) is 13.0 Å². The van der Waals surface area contributed by atoms with Gasteiger partial charge in [0.15, 0.2) is 0 Å². The van der Waals surface area contributed by atoms with E-state index in [1.807, 2.05) is 6.92 Å². The van der Waals surface area contributed by atoms with Crippen LogP contribution in [-0.2, 0) is 19.1 Å². The van der Waals surface area contributed by atoms with Crippen LogP contribution in [0.2, 0.25) is 0 Å². The van der Waals surface area contributed by atoms with Crippen LogP contribution in [0.4, 0.5) is 4.79 Å². The van der Waals surface area contributed by atoms with Gasteiger partial charge in [0.25, 0.3) is 0 Å². The van der Waals surface area contributed by atoms with Gasteiger partial charge in [-0.15, -0.1) is 0 Å². The van der Waals surface area contributed by atoms with Crippen molar-refractivity contribution >= 4 is 23.8 Å². The van der Waals surface area contributed by atoms with Crippen LogP contribution in [0.3, 0.4) is 0 Å². The summed E-state index contributed by atoms with van der Waals surface area (Å²) in [4.78, 5) is 53.1. The molecule has 0 heterocycles. The zero-order valence-electron chi connectivity index (χ0n) is 23.5. The van der Waals surface area contributed by atoms with Gasteiger partial charge in [-0.1, -0.05) is 57.7 Å². The number of carbonyl (C=O) groups is 4. The Hall–Kier alpha value is -3.30. The Kier molecular flexibility index (Phi) is 14.2. The van der Waals surface area contributed by atoms with Gasteiger partial charge in [0.05, 0.1) is 0 Å². The molecular formula is C28H46N4O6. The molecule has 1 rings (SSSR count). The summed E-state index contributed by atoms with van der Waals surface area (Å²) in [7, 11) is 0. The predicted molar refractivity (Wildman–Crippen MR) is 146 cm³/mol. The van der Waals surface area contributed by atoms with Crippen molar-refractivity contribution in [1.82, 2.24) is 15.5 Å². The van der Waals surface area contributed by atoms with Crippen LogP contribution in [0.25, 0.3) is 0 Å². The fourth-order valence-corrected chi connectivity index (χ4v) is 3.92. The average Bonchev–Trinajstić information content (AvgIpc) is 2.83. The number of nitrogens with zero attached hydrogens (tertiary/aromatic N) is 1. The number of phenolic OH excluding ortho intramolecular Hbond substituents is 1. The molecule has 2 atom stereocenters. The fraction of sp³-hybridized carbons (Fsp3) is 0.643. The molecule has 1 aromatic rings. The summed E-state index contributed by atoms with van der Waals surface area (Å²) >= 11 is 0. The van der Waals surface area contributed by atoms with Gasteiger partial charge in [-0.25, -0.2) is 4.79 Å². The molecule has 2 unspecified atom stereocenters. The van der Waals surface area contributed by atoms with Crippen LogP contribution in [0.15, 0.2) is 24.3 Å². The van der Waals surface area contributed by atoms with E-state index in [9.17, 15) is 24.3 Å². The first-order valence-electron chi connectivity index (χ1n) is 13.5. The highest BCUT2D eigenvalue weighted by molar-refractivity contribution is 5.92. The van der Waals surface area contributed by atoms with E-state index in [2.05, 4.69) is 17.6 Å². The summed E-state index contributed by atoms with van der Waals surface area (Å²) in [6.07, 6.45) is 3.96. The Morgan fingerprint density at radius 2 is 1.68 bits per heavy atom. The van der Waals surface area contributed by atoms with E-state index in [1.54, 1.807) is 39.0 Å². The van der Waals surface area contributed by atoms with Crippen molar-refractivity contribution in [3.63, 3.8) is 0 Å². The lowest BCUT2D eigenvalue weighted by atomic mass is 10.00. The minimum absolute atomic E-state index is 0.0657. The lowest BCUT2D eigenvalue weighted by Crippen LogP contribution is -2.53. The van der Waals surface area contributed by atoms with Crippen LogP contribution < -0.4 is 16.4 Å². The molecule has 1 aromatic carbocycles. The van der Waals surface area contributed by atoms with E-state index in [4.69, 9.17) is 10.5 Å². The van der Waals surface area contributed by atoms with Crippen molar-refractivity contribution in [2.45, 2.75) is 104 Å². The standard InChI is InChI=1S/C28H46N4O6/c1-6-8-10-13-19-32(24(25(35)30-18-9-7-2)20-14-11-12-15-22(20)33)26(36)21(16-17-23(29)34)31-27(37)38-28(3,4)5/h11-12,14-15,21,24,33H,6-10,13,16-19H2,1-5H3,(H2,29,34)(H,30,35)(H,31,37). The Morgan fingerprint density at radius 3 is 2.26 bits per heavy atom. The number of primary amides is 1. The molecule has 0 saturated carbocycles. The van der Waals surface area contributed by atoms with Gasteiger partial charge in [0.1, 0.15) is 23.4 Å². The highest BCUT2D eigenvalue weighted by atomic mass is 16.6. The molecule has 38 heavy (non-hydrogen) atoms. The maximum atomic E-state index is 14.0. The summed E-state index contributed by atoms with van der Waals surface area (Å²) in [5.74, 6) is -1.75. The average molecular weight is 535 g/mol. The normalized spacial score (nSPS) is 12.8. The maximum absolute atomic E-state index is 14.0. The predicted octanol–water partition coefficient (Wildman–Crippen LogP) is 3.92. The van der Waals surface area contributed by atoms with Crippen LogP contribution in [0.5, 0.6) is 5.75 Å². The number of ether oxygens (including phenoxy) is 1. The first-order valence-corrected chi connectivity index (χ1v) is 13.5. The Balaban J connectivity index is 3.47. The SMILES string of the molecule is CCCCCCN(C(=O)C(CCC(N)=O)NC(=O)OC(C)(C)C)C(C(=O)NCCCC)c1ccccc1O. The number of amides is 4. The molecule has 0 fully saturated rings. The Bertz CT molecular complexity index is 915. The highest BCUT2D eigenvalue weighted by Crippen LogP contribution is 2.30. The van der Waals surface area contributed by atoms with Gasteiger partial charge in [0.2, 0.25) is 17.7 Å². The molecule has 0 aliphatic carbocycles. The van der Waals surface area contributed by atoms with Gasteiger partial charge < -0.3 is 31.1 Å². The number of alkyl carbamates (subject to hydrolysis) is 1. The first kappa shape index (κ1) is 32.7. The zero-order chi connectivity index (χ0) is 28.7. The van der Waals surface area contributed by atoms with E-state index in [0.717, 1.165) is 32.1 Å². The molecule has 0 aliphatic rings. The zero-order valence-corrected chi connectivity index (χ0v) is 23.5. The molecule has 214 valence electrons. The summed E-state index contributed by atoms with van der Waals surface area (Å²) < 4.78 is 5.34. The molecule has 0 aromatic heterocycles. The third-order valence-corrected chi connectivity index (χ3v) is 5.83. The lowest BCUT2D eigenvalue weighted by molar-refractivity contribution is -0.143. The second-order valence-electron chi connectivity index (χ2n) is 10.4. The van der Waals surface area contributed by atoms with E-state index in [-0.39, 0.29) is 30.7 Å². The Labute approximate surface area is 226 Å². The quantitative estimate of drug-likeness (QED) is 0.236. The maximum Gasteiger partial charge on any atom is 0.408 e. The highest BCUT2D eigenvalue weighted by Gasteiger charge is 2.37. The topological polar surface area (TPSA) is 151 Å². The number of aromatic hydroxyl groups is 1. The summed E-state index contributed by atoms with van der Waals surface area (Å²) in [6, 6.07) is 4.08. The van der Waals surface area contributed by atoms with Gasteiger partial charge in [-0.2, -0.15) is 0 Å². The number of hydrogen-bond donors (Lipinski definition) is 4. The second kappa shape index (κ2) is 16.5. The number of hydrogen-bond acceptors (Lipinski definition) is 6. The van der Waals surface area contributed by atoms with Crippen molar-refractivity contribution in [2.75, 3.05) is 13.1 Å². The molecule has 0 bridgehead atoms. The van der Waals surface area contributed by atoms with E-state index < -0.39 is 41.5 Å². The van der Waals surface area contributed by atoms with Crippen molar-refractivity contribution < 1.29 is 29.0 Å². The smallest absolute Gasteiger partial charge is 0.408 e. The Morgan fingerprint density at radius 1 is 1.03 bits per heavy atom. The second-order valence-corrected chi connectivity index (χ2v) is 10.4. The summed E-state index contributed by atoms with van der Waals surface area (Å²) in [5.41, 5.74) is 4.81. The number of rotatable bonds is 16. The number of carbonyl (C=O) groups excluding carboxylic acids is 4. The number of para-hydroxylation sites is 1. The molecule has 0 aliphatic heterocycles. The van der Waals surface area contributed by atoms with Gasteiger partial charge in [-0.05, 0) is 46.1 Å². The van der Waals surface area contributed by atoms with Crippen molar-refractivity contribution in [3.8, 4) is 5.75 Å². The number of nitrogens with one attached hydrogen (secondary N) is 2. The molecular weight excluding hydrogens is 488 g/mol. The van der Waals surface area contributed by atoms with Crippen LogP contribution >= 0.6 is 0 Å². The first-order chi connectivity index (χ1) is 17.9. The molecule has 0 radical (unpaired) electrons. The van der Waals surface area contributed by atoms with Gasteiger partial charge >= 0.3 is 6.09 Å². The van der Waals surface area contributed by atoms with Gasteiger partial charge in [0, 0.05) is 25.1 Å². The summed E-state index contributed by atoms with van der Waals surface area (Å²) in [5, 5.41) is 16.1. The van der Waals surface area contributed by atoms with E-state index in [1.165, 1.54) is 11.0 Å². The van der Waals surface area contributed by atoms with Crippen LogP contribution in [0.1, 0.15) is 97.6 Å². The van der Waals surface area contributed by atoms with Crippen LogP contribution in [-0.4, -0.2) is 58.6 Å². The molecule has 0 spiro atoms.